The molecule has 29 heavy (non-hydrogen) atoms. The second-order valence-electron chi connectivity index (χ2n) is 6.49. The van der Waals surface area contributed by atoms with Gasteiger partial charge in [0, 0.05) is 28.6 Å². The van der Waals surface area contributed by atoms with E-state index < -0.39 is 12.8 Å². The van der Waals surface area contributed by atoms with Crippen molar-refractivity contribution in [3.05, 3.63) is 71.9 Å². The lowest BCUT2D eigenvalue weighted by Crippen LogP contribution is -2.22. The molecule has 0 bridgehead atoms. The summed E-state index contributed by atoms with van der Waals surface area (Å²) in [6.45, 7) is -1.21. The van der Waals surface area contributed by atoms with Crippen LogP contribution in [0.3, 0.4) is 0 Å². The Morgan fingerprint density at radius 3 is 2.48 bits per heavy atom. The number of para-hydroxylation sites is 1. The van der Waals surface area contributed by atoms with Crippen molar-refractivity contribution in [3.63, 3.8) is 0 Å². The molecule has 0 saturated carbocycles. The van der Waals surface area contributed by atoms with Gasteiger partial charge in [0.15, 0.2) is 6.61 Å². The average molecular weight is 400 g/mol. The van der Waals surface area contributed by atoms with Crippen molar-refractivity contribution in [2.24, 2.45) is 0 Å². The van der Waals surface area contributed by atoms with Gasteiger partial charge in [0.05, 0.1) is 12.2 Å². The van der Waals surface area contributed by atoms with Gasteiger partial charge in [0.2, 0.25) is 0 Å². The molecule has 0 fully saturated rings. The molecule has 4 rings (SSSR count). The second kappa shape index (κ2) is 7.12. The number of phenolic OH excluding ortho intramolecular Hbond substituents is 1. The number of aromatic nitrogens is 1. The number of rotatable bonds is 4. The van der Waals surface area contributed by atoms with E-state index in [1.165, 1.54) is 29.3 Å². The predicted octanol–water partition coefficient (Wildman–Crippen LogP) is 4.56. The largest absolute Gasteiger partial charge is 0.508 e. The van der Waals surface area contributed by atoms with E-state index >= 15 is 0 Å². The van der Waals surface area contributed by atoms with E-state index in [0.717, 1.165) is 0 Å². The van der Waals surface area contributed by atoms with E-state index in [9.17, 15) is 23.1 Å². The van der Waals surface area contributed by atoms with Crippen LogP contribution in [0.25, 0.3) is 11.3 Å². The summed E-state index contributed by atoms with van der Waals surface area (Å²) in [6, 6.07) is 14.1. The van der Waals surface area contributed by atoms with Crippen LogP contribution in [0, 0.1) is 0 Å². The number of carbonyl (C=O) groups excluding carboxylic acids is 1. The Balaban J connectivity index is 1.72. The summed E-state index contributed by atoms with van der Waals surface area (Å²) in [6.07, 6.45) is -3.02. The van der Waals surface area contributed by atoms with Crippen LogP contribution in [0.4, 0.5) is 18.9 Å². The predicted molar refractivity (Wildman–Crippen MR) is 99.8 cm³/mol. The van der Waals surface area contributed by atoms with E-state index in [2.05, 4.69) is 4.98 Å². The summed E-state index contributed by atoms with van der Waals surface area (Å²) >= 11 is 0. The highest BCUT2D eigenvalue weighted by Gasteiger charge is 2.33. The molecule has 5 nitrogen and oxygen atoms in total. The molecule has 3 aromatic rings. The topological polar surface area (TPSA) is 62.7 Å². The van der Waals surface area contributed by atoms with E-state index in [1.54, 1.807) is 36.4 Å². The van der Waals surface area contributed by atoms with Gasteiger partial charge in [-0.25, -0.2) is 0 Å². The van der Waals surface area contributed by atoms with Gasteiger partial charge in [-0.1, -0.05) is 12.1 Å². The molecule has 0 aliphatic carbocycles. The van der Waals surface area contributed by atoms with Crippen LogP contribution < -0.4 is 9.64 Å². The van der Waals surface area contributed by atoms with E-state index in [-0.39, 0.29) is 24.0 Å². The smallest absolute Gasteiger partial charge is 0.422 e. The highest BCUT2D eigenvalue weighted by Crippen LogP contribution is 2.38. The van der Waals surface area contributed by atoms with Crippen molar-refractivity contribution in [3.8, 4) is 22.8 Å². The highest BCUT2D eigenvalue weighted by molar-refractivity contribution is 6.11. The normalized spacial score (nSPS) is 13.5. The lowest BCUT2D eigenvalue weighted by molar-refractivity contribution is -0.153. The Bertz CT molecular complexity index is 1070. The summed E-state index contributed by atoms with van der Waals surface area (Å²) in [5, 5.41) is 9.46. The molecule has 0 atom stereocenters. The first kappa shape index (κ1) is 18.8. The third-order valence-electron chi connectivity index (χ3n) is 4.54. The van der Waals surface area contributed by atoms with E-state index in [0.29, 0.717) is 28.1 Å². The number of ether oxygens (including phenoxy) is 1. The van der Waals surface area contributed by atoms with Gasteiger partial charge in [-0.05, 0) is 42.5 Å². The number of carbonyl (C=O) groups is 1. The summed E-state index contributed by atoms with van der Waals surface area (Å²) in [5.74, 6) is -0.125. The van der Waals surface area contributed by atoms with Crippen LogP contribution in [-0.2, 0) is 6.54 Å². The number of aromatic hydroxyl groups is 1. The number of fused-ring (bicyclic) bond motifs is 1. The number of amides is 1. The maximum Gasteiger partial charge on any atom is 0.422 e. The van der Waals surface area contributed by atoms with Gasteiger partial charge in [0.25, 0.3) is 5.91 Å². The molecule has 0 radical (unpaired) electrons. The summed E-state index contributed by atoms with van der Waals surface area (Å²) in [7, 11) is 0. The van der Waals surface area contributed by atoms with Crippen LogP contribution >= 0.6 is 0 Å². The average Bonchev–Trinajstić information content (AvgIpc) is 3.04. The minimum absolute atomic E-state index is 0.0428. The molecule has 8 heteroatoms. The highest BCUT2D eigenvalue weighted by atomic mass is 19.4. The number of pyridine rings is 1. The molecule has 1 N–H and O–H groups in total. The first-order valence-electron chi connectivity index (χ1n) is 8.71. The Morgan fingerprint density at radius 1 is 1.03 bits per heavy atom. The zero-order chi connectivity index (χ0) is 20.6. The van der Waals surface area contributed by atoms with Crippen LogP contribution in [-0.4, -0.2) is 28.8 Å². The zero-order valence-corrected chi connectivity index (χ0v) is 15.0. The van der Waals surface area contributed by atoms with Crippen molar-refractivity contribution < 1.29 is 27.8 Å². The quantitative estimate of drug-likeness (QED) is 0.698. The number of nitrogens with zero attached hydrogens (tertiary/aromatic N) is 2. The summed E-state index contributed by atoms with van der Waals surface area (Å²) in [4.78, 5) is 18.7. The number of halogens is 3. The standard InChI is InChI=1S/C21H15F3N2O3/c22-21(23,24)12-29-18-4-2-1-3-16(18)19-17-11-26(13-5-7-14(27)8-6-13)20(28)15(17)9-10-25-19/h1-10,27H,11-12H2. The molecular weight excluding hydrogens is 385 g/mol. The number of phenols is 1. The molecule has 1 amide bonds. The van der Waals surface area contributed by atoms with Crippen molar-refractivity contribution in [1.82, 2.24) is 4.98 Å². The molecule has 1 aliphatic heterocycles. The first-order valence-corrected chi connectivity index (χ1v) is 8.71. The van der Waals surface area contributed by atoms with Crippen molar-refractivity contribution in [2.75, 3.05) is 11.5 Å². The monoisotopic (exact) mass is 400 g/mol. The summed E-state index contributed by atoms with van der Waals surface area (Å²) < 4.78 is 42.8. The maximum atomic E-state index is 12.9. The summed E-state index contributed by atoms with van der Waals surface area (Å²) in [5.41, 5.74) is 2.41. The molecule has 148 valence electrons. The lowest BCUT2D eigenvalue weighted by atomic mass is 10.0. The van der Waals surface area contributed by atoms with Gasteiger partial charge in [-0.15, -0.1) is 0 Å². The van der Waals surface area contributed by atoms with E-state index in [4.69, 9.17) is 4.74 Å². The molecular formula is C21H15F3N2O3. The Morgan fingerprint density at radius 2 is 1.76 bits per heavy atom. The number of alkyl halides is 3. The third-order valence-corrected chi connectivity index (χ3v) is 4.54. The molecule has 1 aromatic heterocycles. The molecule has 2 aromatic carbocycles. The fourth-order valence-corrected chi connectivity index (χ4v) is 3.25. The Kier molecular flexibility index (Phi) is 4.62. The number of hydrogen-bond donors (Lipinski definition) is 1. The molecule has 0 spiro atoms. The van der Waals surface area contributed by atoms with Crippen LogP contribution in [0.1, 0.15) is 15.9 Å². The van der Waals surface area contributed by atoms with Crippen LogP contribution in [0.5, 0.6) is 11.5 Å². The number of anilines is 1. The number of benzene rings is 2. The van der Waals surface area contributed by atoms with Gasteiger partial charge in [-0.3, -0.25) is 9.78 Å². The van der Waals surface area contributed by atoms with E-state index in [1.807, 2.05) is 0 Å². The van der Waals surface area contributed by atoms with Gasteiger partial charge in [-0.2, -0.15) is 13.2 Å². The first-order chi connectivity index (χ1) is 13.8. The molecule has 1 aliphatic rings. The van der Waals surface area contributed by atoms with Gasteiger partial charge in [0.1, 0.15) is 11.5 Å². The Hall–Kier alpha value is -3.55. The van der Waals surface area contributed by atoms with Crippen LogP contribution in [0.15, 0.2) is 60.8 Å². The molecule has 0 saturated heterocycles. The minimum atomic E-state index is -4.47. The van der Waals surface area contributed by atoms with Crippen LogP contribution in [0.2, 0.25) is 0 Å². The zero-order valence-electron chi connectivity index (χ0n) is 15.0. The van der Waals surface area contributed by atoms with Gasteiger partial charge >= 0.3 is 6.18 Å². The third kappa shape index (κ3) is 3.73. The lowest BCUT2D eigenvalue weighted by Gasteiger charge is -2.16. The van der Waals surface area contributed by atoms with Crippen molar-refractivity contribution in [1.29, 1.82) is 0 Å². The van der Waals surface area contributed by atoms with Gasteiger partial charge < -0.3 is 14.7 Å². The maximum absolute atomic E-state index is 12.9. The fourth-order valence-electron chi connectivity index (χ4n) is 3.25. The SMILES string of the molecule is O=C1c2ccnc(-c3ccccc3OCC(F)(F)F)c2CN1c1ccc(O)cc1. The fraction of sp³-hybridized carbons (Fsp3) is 0.143. The van der Waals surface area contributed by atoms with Crippen molar-refractivity contribution >= 4 is 11.6 Å². The van der Waals surface area contributed by atoms with Crippen molar-refractivity contribution in [2.45, 2.75) is 12.7 Å². The minimum Gasteiger partial charge on any atom is -0.508 e. The molecule has 0 unspecified atom stereocenters. The Labute approximate surface area is 164 Å². The second-order valence-corrected chi connectivity index (χ2v) is 6.49. The number of hydrogen-bond acceptors (Lipinski definition) is 4. The molecule has 2 heterocycles.